The van der Waals surface area contributed by atoms with E-state index in [1.807, 2.05) is 0 Å². The van der Waals surface area contributed by atoms with Gasteiger partial charge in [0.1, 0.15) is 31.8 Å². The maximum atomic E-state index is 14.8. The number of amides is 2. The number of esters is 1. The predicted molar refractivity (Wildman–Crippen MR) is 265 cm³/mol. The fourth-order valence-corrected chi connectivity index (χ4v) is 11.6. The number of nitrogens with zero attached hydrogens (tertiary/aromatic N) is 6. The average molecular weight is 1060 g/mol. The molecule has 3 aromatic carbocycles. The van der Waals surface area contributed by atoms with Crippen molar-refractivity contribution < 1.29 is 71.3 Å². The summed E-state index contributed by atoms with van der Waals surface area (Å²) in [7, 11) is -4.16. The molecule has 0 radical (unpaired) electrons. The standard InChI is InChI=1S/C47H57N6O18PS/c1-28(2)69-72(70-29(3)4,71-30(5)6)44(45(56)65-25-33-9-15-36(16-10-33)51(59)60)50-40(42(43(50)55)31(7)68-47(58)67-27-35-13-19-38(20-14-35)53(63)64)23-41(54)73-39-21-22-49(24-39)32(8)48-46(57)66-26-34-11-17-37(18-12-34)52(61)62/h9-20,28-31,39-40,42H,21-27H2,1-8H3. The summed E-state index contributed by atoms with van der Waals surface area (Å²) in [5.41, 5.74) is 0.318. The van der Waals surface area contributed by atoms with Crippen molar-refractivity contribution in [3.05, 3.63) is 120 Å². The number of ether oxygens (including phenoxy) is 4. The van der Waals surface area contributed by atoms with E-state index in [1.165, 1.54) is 79.7 Å². The fraction of sp³-hybridized carbons (Fsp3) is 0.468. The Bertz CT molecular complexity index is 2580. The lowest BCUT2D eigenvalue weighted by Gasteiger charge is -2.50. The number of amidine groups is 1. The molecule has 26 heteroatoms. The molecule has 4 atom stereocenters. The number of hydrogen-bond acceptors (Lipinski definition) is 19. The smallest absolute Gasteiger partial charge is 0.456 e. The molecule has 0 N–H and O–H groups in total. The lowest BCUT2D eigenvalue weighted by Crippen LogP contribution is -2.68. The van der Waals surface area contributed by atoms with Crippen molar-refractivity contribution in [1.29, 1.82) is 0 Å². The van der Waals surface area contributed by atoms with Crippen LogP contribution in [0.2, 0.25) is 0 Å². The van der Waals surface area contributed by atoms with E-state index in [0.29, 0.717) is 35.5 Å². The number of carbonyl (C=O) groups is 5. The molecular formula is C47H57N6O18PS. The molecule has 2 aliphatic rings. The van der Waals surface area contributed by atoms with Crippen LogP contribution in [0.15, 0.2) is 77.8 Å². The topological polar surface area (TPSA) is 298 Å². The Morgan fingerprint density at radius 1 is 0.699 bits per heavy atom. The van der Waals surface area contributed by atoms with Crippen molar-refractivity contribution in [2.45, 2.75) is 124 Å². The summed E-state index contributed by atoms with van der Waals surface area (Å²) in [6, 6.07) is 14.8. The Morgan fingerprint density at radius 3 is 1.58 bits per heavy atom. The first-order valence-corrected chi connectivity index (χ1v) is 25.4. The van der Waals surface area contributed by atoms with E-state index in [2.05, 4.69) is 4.99 Å². The predicted octanol–water partition coefficient (Wildman–Crippen LogP) is 8.67. The van der Waals surface area contributed by atoms with Crippen LogP contribution in [0.25, 0.3) is 0 Å². The zero-order valence-electron chi connectivity index (χ0n) is 41.3. The second kappa shape index (κ2) is 25.7. The van der Waals surface area contributed by atoms with Gasteiger partial charge in [0, 0.05) is 61.2 Å². The lowest BCUT2D eigenvalue weighted by molar-refractivity contribution is -0.385. The van der Waals surface area contributed by atoms with Crippen LogP contribution >= 0.6 is 19.3 Å². The number of aliphatic imine (C=N–C) groups is 1. The van der Waals surface area contributed by atoms with Crippen molar-refractivity contribution in [2.75, 3.05) is 13.1 Å². The Balaban J connectivity index is 1.43. The third kappa shape index (κ3) is 15.9. The summed E-state index contributed by atoms with van der Waals surface area (Å²) < 4.78 is 41.2. The highest BCUT2D eigenvalue weighted by atomic mass is 32.2. The number of hydrogen-bond donors (Lipinski definition) is 0. The Hall–Kier alpha value is -6.79. The molecule has 0 aliphatic carbocycles. The number of non-ortho nitro benzene ring substituents is 3. The first-order valence-electron chi connectivity index (χ1n) is 23.0. The highest BCUT2D eigenvalue weighted by molar-refractivity contribution is 8.14. The van der Waals surface area contributed by atoms with Gasteiger partial charge in [0.05, 0.1) is 45.0 Å². The third-order valence-corrected chi connectivity index (χ3v) is 15.0. The van der Waals surface area contributed by atoms with Gasteiger partial charge in [-0.1, -0.05) is 11.8 Å². The summed E-state index contributed by atoms with van der Waals surface area (Å²) in [4.78, 5) is 108. The lowest BCUT2D eigenvalue weighted by atomic mass is 9.81. The maximum Gasteiger partial charge on any atom is 0.508 e. The zero-order valence-corrected chi connectivity index (χ0v) is 43.0. The molecule has 2 fully saturated rings. The SMILES string of the molecule is CC(=NC(=O)OCc1ccc([N+](=O)[O-])cc1)N1CCC(SC(=O)CC2C(C(C)OC(=O)OCc3ccc([N+](=O)[O-])cc3)C(=O)N2C(C(=O)OCc2ccc([N+](=O)[O-])cc2)=P(OC(C)C)(OC(C)C)OC(C)C)C1. The molecular weight excluding hydrogens is 1000 g/mol. The largest absolute Gasteiger partial charge is 0.508 e. The molecule has 4 unspecified atom stereocenters. The van der Waals surface area contributed by atoms with Gasteiger partial charge in [-0.15, -0.1) is 0 Å². The van der Waals surface area contributed by atoms with Crippen LogP contribution in [0.1, 0.15) is 84.9 Å². The highest BCUT2D eigenvalue weighted by Crippen LogP contribution is 2.58. The molecule has 0 saturated carbocycles. The van der Waals surface area contributed by atoms with Crippen LogP contribution < -0.4 is 0 Å². The van der Waals surface area contributed by atoms with Gasteiger partial charge in [-0.2, -0.15) is 4.99 Å². The van der Waals surface area contributed by atoms with Gasteiger partial charge < -0.3 is 37.4 Å². The van der Waals surface area contributed by atoms with Crippen molar-refractivity contribution >= 4 is 76.9 Å². The summed E-state index contributed by atoms with van der Waals surface area (Å²) in [6.45, 7) is 12.8. The van der Waals surface area contributed by atoms with Crippen molar-refractivity contribution in [3.8, 4) is 0 Å². The van der Waals surface area contributed by atoms with Gasteiger partial charge in [0.25, 0.3) is 24.6 Å². The molecule has 5 rings (SSSR count). The van der Waals surface area contributed by atoms with E-state index in [1.54, 1.807) is 53.4 Å². The number of nitro benzene ring substituents is 3. The average Bonchev–Trinajstić information content (AvgIpc) is 3.79. The molecule has 394 valence electrons. The van der Waals surface area contributed by atoms with Gasteiger partial charge >= 0.3 is 18.2 Å². The van der Waals surface area contributed by atoms with E-state index in [9.17, 15) is 54.3 Å². The minimum absolute atomic E-state index is 0.114. The fourth-order valence-electron chi connectivity index (χ4n) is 7.62. The second-order valence-corrected chi connectivity index (χ2v) is 21.0. The molecule has 2 heterocycles. The number of carbonyl (C=O) groups excluding carboxylic acids is 5. The number of nitro groups is 3. The van der Waals surface area contributed by atoms with Gasteiger partial charge in [0.2, 0.25) is 11.3 Å². The monoisotopic (exact) mass is 1060 g/mol. The summed E-state index contributed by atoms with van der Waals surface area (Å²) in [5, 5.41) is 32.7. The maximum absolute atomic E-state index is 14.8. The van der Waals surface area contributed by atoms with Crippen molar-refractivity contribution in [2.24, 2.45) is 10.9 Å². The minimum Gasteiger partial charge on any atom is -0.456 e. The molecule has 2 saturated heterocycles. The number of thioether (sulfide) groups is 1. The van der Waals surface area contributed by atoms with Gasteiger partial charge in [0.15, 0.2) is 5.12 Å². The van der Waals surface area contributed by atoms with Crippen LogP contribution in [-0.2, 0) is 66.7 Å². The van der Waals surface area contributed by atoms with E-state index < -0.39 is 106 Å². The highest BCUT2D eigenvalue weighted by Gasteiger charge is 2.58. The number of β-lactam (4-membered cyclic amide) rings is 1. The van der Waals surface area contributed by atoms with Gasteiger partial charge in [-0.25, -0.2) is 14.4 Å². The van der Waals surface area contributed by atoms with Gasteiger partial charge in [-0.05, 0) is 115 Å². The molecule has 0 spiro atoms. The molecule has 24 nitrogen and oxygen atoms in total. The Kier molecular flexibility index (Phi) is 20.1. The normalized spacial score (nSPS) is 17.3. The van der Waals surface area contributed by atoms with Crippen LogP contribution in [0.3, 0.4) is 0 Å². The Labute approximate surface area is 424 Å². The van der Waals surface area contributed by atoms with Crippen LogP contribution in [-0.4, -0.2) is 114 Å². The first-order chi connectivity index (χ1) is 34.5. The molecule has 0 aromatic heterocycles. The summed E-state index contributed by atoms with van der Waals surface area (Å²) >= 11 is 0.975. The number of rotatable bonds is 22. The Morgan fingerprint density at radius 2 is 1.14 bits per heavy atom. The van der Waals surface area contributed by atoms with E-state index in [4.69, 9.17) is 32.5 Å². The molecule has 73 heavy (non-hydrogen) atoms. The molecule has 0 bridgehead atoms. The second-order valence-electron chi connectivity index (χ2n) is 17.6. The molecule has 3 aromatic rings. The zero-order chi connectivity index (χ0) is 53.7. The van der Waals surface area contributed by atoms with E-state index in [-0.39, 0.29) is 42.1 Å². The molecule has 2 aliphatic heterocycles. The summed E-state index contributed by atoms with van der Waals surface area (Å²) in [6.07, 6.45) is -5.31. The first kappa shape index (κ1) is 57.1. The number of benzene rings is 3. The van der Waals surface area contributed by atoms with Crippen LogP contribution in [0, 0.1) is 36.3 Å². The van der Waals surface area contributed by atoms with Crippen LogP contribution in [0.5, 0.6) is 0 Å². The van der Waals surface area contributed by atoms with E-state index >= 15 is 0 Å². The van der Waals surface area contributed by atoms with E-state index in [0.717, 1.165) is 16.7 Å². The third-order valence-electron chi connectivity index (χ3n) is 10.8. The minimum atomic E-state index is -4.16. The quantitative estimate of drug-likeness (QED) is 0.0133. The van der Waals surface area contributed by atoms with Gasteiger partial charge in [-0.3, -0.25) is 44.8 Å². The van der Waals surface area contributed by atoms with Crippen molar-refractivity contribution in [1.82, 2.24) is 9.80 Å². The number of likely N-dealkylation sites (tertiary alicyclic amines) is 2. The summed E-state index contributed by atoms with van der Waals surface area (Å²) in [5.74, 6) is -2.84. The van der Waals surface area contributed by atoms with Crippen LogP contribution in [0.4, 0.5) is 26.7 Å². The van der Waals surface area contributed by atoms with Crippen molar-refractivity contribution in [3.63, 3.8) is 0 Å². The molecule has 2 amide bonds.